The van der Waals surface area contributed by atoms with Crippen LogP contribution >= 0.6 is 28.1 Å². The highest BCUT2D eigenvalue weighted by molar-refractivity contribution is 9.10. The Morgan fingerprint density at radius 3 is 2.37 bits per heavy atom. The summed E-state index contributed by atoms with van der Waals surface area (Å²) in [6.07, 6.45) is 1.85. The van der Waals surface area contributed by atoms with Crippen molar-refractivity contribution in [3.63, 3.8) is 0 Å². The lowest BCUT2D eigenvalue weighted by molar-refractivity contribution is 0.565. The minimum absolute atomic E-state index is 0.0330. The normalized spacial score (nSPS) is 17.8. The Morgan fingerprint density at radius 2 is 1.71 bits per heavy atom. The molecule has 0 amide bonds. The van der Waals surface area contributed by atoms with E-state index in [4.69, 9.17) is 17.2 Å². The van der Waals surface area contributed by atoms with Gasteiger partial charge < -0.3 is 14.8 Å². The first-order valence-electron chi connectivity index (χ1n) is 11.9. The quantitative estimate of drug-likeness (QED) is 0.263. The van der Waals surface area contributed by atoms with Gasteiger partial charge in [0.15, 0.2) is 5.11 Å². The Hall–Kier alpha value is -2.96. The number of nitrogens with one attached hydrogen (secondary N) is 1. The van der Waals surface area contributed by atoms with E-state index in [0.29, 0.717) is 5.92 Å². The summed E-state index contributed by atoms with van der Waals surface area (Å²) >= 11 is 9.56. The van der Waals surface area contributed by atoms with Gasteiger partial charge >= 0.3 is 0 Å². The smallest absolute Gasteiger partial charge is 0.174 e. The Kier molecular flexibility index (Phi) is 6.51. The number of hydrogen-bond acceptors (Lipinski definition) is 2. The van der Waals surface area contributed by atoms with Crippen LogP contribution in [0.15, 0.2) is 83.5 Å². The van der Waals surface area contributed by atoms with Crippen LogP contribution in [-0.2, 0) is 0 Å². The number of hydrogen-bond donors (Lipinski definition) is 1. The van der Waals surface area contributed by atoms with Crippen molar-refractivity contribution in [3.8, 4) is 5.69 Å². The van der Waals surface area contributed by atoms with Gasteiger partial charge in [-0.05, 0) is 91.6 Å². The molecule has 0 aliphatic carbocycles. The summed E-state index contributed by atoms with van der Waals surface area (Å²) in [6, 6.07) is 25.5. The number of rotatable bonds is 5. The summed E-state index contributed by atoms with van der Waals surface area (Å²) in [4.78, 5) is 6.96. The molecule has 1 aliphatic rings. The lowest BCUT2D eigenvalue weighted by Crippen LogP contribution is -2.29. The van der Waals surface area contributed by atoms with Gasteiger partial charge in [0.2, 0.25) is 0 Å². The predicted molar refractivity (Wildman–Crippen MR) is 151 cm³/mol. The monoisotopic (exact) mass is 544 g/mol. The maximum atomic E-state index is 5.93. The van der Waals surface area contributed by atoms with Crippen molar-refractivity contribution in [2.45, 2.75) is 45.7 Å². The molecule has 1 saturated heterocycles. The Labute approximate surface area is 221 Å². The third-order valence-corrected chi connectivity index (χ3v) is 7.60. The molecule has 1 aliphatic heterocycles. The molecule has 4 nitrogen and oxygen atoms in total. The summed E-state index contributed by atoms with van der Waals surface area (Å²) < 4.78 is 3.38. The van der Waals surface area contributed by atoms with Crippen LogP contribution < -0.4 is 10.2 Å². The number of pyridine rings is 1. The lowest BCUT2D eigenvalue weighted by atomic mass is 9.96. The second-order valence-electron chi connectivity index (χ2n) is 9.38. The second kappa shape index (κ2) is 9.59. The zero-order valence-electron chi connectivity index (χ0n) is 20.4. The van der Waals surface area contributed by atoms with E-state index in [1.807, 2.05) is 18.3 Å². The molecule has 178 valence electrons. The third kappa shape index (κ3) is 4.41. The van der Waals surface area contributed by atoms with Crippen LogP contribution in [0.1, 0.15) is 60.1 Å². The van der Waals surface area contributed by atoms with Crippen molar-refractivity contribution in [2.24, 2.45) is 0 Å². The van der Waals surface area contributed by atoms with Crippen LogP contribution in [0, 0.1) is 13.8 Å². The summed E-state index contributed by atoms with van der Waals surface area (Å²) in [7, 11) is 0. The number of nitrogens with zero attached hydrogens (tertiary/aromatic N) is 3. The SMILES string of the molecule is Cc1cc(C2C(c3ccccn3)NC(=S)N2c2ccc(C(C)C)cc2)c(C)n1-c1cccc(Br)c1. The molecule has 0 radical (unpaired) electrons. The van der Waals surface area contributed by atoms with Gasteiger partial charge in [-0.15, -0.1) is 0 Å². The highest BCUT2D eigenvalue weighted by Gasteiger charge is 2.42. The average Bonchev–Trinajstić information content (AvgIpc) is 3.34. The van der Waals surface area contributed by atoms with Crippen LogP contribution in [-0.4, -0.2) is 14.7 Å². The molecular formula is C29H29BrN4S. The number of halogens is 1. The highest BCUT2D eigenvalue weighted by atomic mass is 79.9. The summed E-state index contributed by atoms with van der Waals surface area (Å²) in [5.74, 6) is 0.480. The van der Waals surface area contributed by atoms with Crippen molar-refractivity contribution < 1.29 is 0 Å². The molecule has 6 heteroatoms. The Balaban J connectivity index is 1.66. The first-order chi connectivity index (χ1) is 16.8. The fourth-order valence-electron chi connectivity index (χ4n) is 5.07. The molecule has 2 atom stereocenters. The van der Waals surface area contributed by atoms with Gasteiger partial charge in [-0.3, -0.25) is 4.98 Å². The average molecular weight is 546 g/mol. The van der Waals surface area contributed by atoms with Gasteiger partial charge in [0.1, 0.15) is 0 Å². The molecule has 0 bridgehead atoms. The van der Waals surface area contributed by atoms with Crippen LogP contribution in [0.25, 0.3) is 5.69 Å². The largest absolute Gasteiger partial charge is 0.351 e. The number of anilines is 1. The van der Waals surface area contributed by atoms with E-state index in [-0.39, 0.29) is 12.1 Å². The van der Waals surface area contributed by atoms with Crippen LogP contribution in [0.3, 0.4) is 0 Å². The molecule has 2 aromatic carbocycles. The molecule has 1 fully saturated rings. The zero-order chi connectivity index (χ0) is 24.7. The van der Waals surface area contributed by atoms with Crippen molar-refractivity contribution >= 4 is 38.9 Å². The second-order valence-corrected chi connectivity index (χ2v) is 10.7. The van der Waals surface area contributed by atoms with E-state index >= 15 is 0 Å². The van der Waals surface area contributed by atoms with Gasteiger partial charge in [0.25, 0.3) is 0 Å². The molecule has 5 rings (SSSR count). The summed E-state index contributed by atoms with van der Waals surface area (Å²) in [6.45, 7) is 8.79. The van der Waals surface area contributed by atoms with Gasteiger partial charge in [-0.2, -0.15) is 0 Å². The molecule has 2 aromatic heterocycles. The number of benzene rings is 2. The van der Waals surface area contributed by atoms with Gasteiger partial charge in [0.05, 0.1) is 17.8 Å². The number of aryl methyl sites for hydroxylation is 1. The van der Waals surface area contributed by atoms with Crippen molar-refractivity contribution in [1.29, 1.82) is 0 Å². The summed E-state index contributed by atoms with van der Waals surface area (Å²) in [5, 5.41) is 4.31. The summed E-state index contributed by atoms with van der Waals surface area (Å²) in [5.41, 5.74) is 8.13. The third-order valence-electron chi connectivity index (χ3n) is 6.79. The number of aromatic nitrogens is 2. The van der Waals surface area contributed by atoms with E-state index in [2.05, 4.69) is 119 Å². The number of thiocarbonyl (C=S) groups is 1. The van der Waals surface area contributed by atoms with E-state index in [1.54, 1.807) is 0 Å². The minimum Gasteiger partial charge on any atom is -0.351 e. The minimum atomic E-state index is -0.0649. The molecule has 0 spiro atoms. The Morgan fingerprint density at radius 1 is 0.943 bits per heavy atom. The molecular weight excluding hydrogens is 516 g/mol. The molecule has 3 heterocycles. The maximum Gasteiger partial charge on any atom is 0.174 e. The van der Waals surface area contributed by atoms with Crippen molar-refractivity contribution in [2.75, 3.05) is 4.90 Å². The van der Waals surface area contributed by atoms with E-state index in [0.717, 1.165) is 26.7 Å². The highest BCUT2D eigenvalue weighted by Crippen LogP contribution is 2.44. The van der Waals surface area contributed by atoms with E-state index in [1.165, 1.54) is 22.5 Å². The van der Waals surface area contributed by atoms with Crippen LogP contribution in [0.2, 0.25) is 0 Å². The fourth-order valence-corrected chi connectivity index (χ4v) is 5.80. The van der Waals surface area contributed by atoms with Gasteiger partial charge in [-0.1, -0.05) is 54.0 Å². The topological polar surface area (TPSA) is 33.1 Å². The van der Waals surface area contributed by atoms with Crippen LogP contribution in [0.5, 0.6) is 0 Å². The molecule has 35 heavy (non-hydrogen) atoms. The first-order valence-corrected chi connectivity index (χ1v) is 13.1. The van der Waals surface area contributed by atoms with Crippen LogP contribution in [0.4, 0.5) is 5.69 Å². The predicted octanol–water partition coefficient (Wildman–Crippen LogP) is 7.55. The molecule has 2 unspecified atom stereocenters. The van der Waals surface area contributed by atoms with Crippen molar-refractivity contribution in [3.05, 3.63) is 112 Å². The molecule has 0 saturated carbocycles. The zero-order valence-corrected chi connectivity index (χ0v) is 22.8. The van der Waals surface area contributed by atoms with E-state index in [9.17, 15) is 0 Å². The van der Waals surface area contributed by atoms with Gasteiger partial charge in [-0.25, -0.2) is 0 Å². The lowest BCUT2D eigenvalue weighted by Gasteiger charge is -2.28. The fraction of sp³-hybridized carbons (Fsp3) is 0.241. The van der Waals surface area contributed by atoms with E-state index < -0.39 is 0 Å². The standard InChI is InChI=1S/C29H29BrN4S/c1-18(2)21-11-13-23(14-12-21)34-28(27(32-29(34)35)26-10-5-6-15-31-26)25-16-19(3)33(20(25)4)24-9-7-8-22(30)17-24/h5-18,27-28H,1-4H3,(H,32,35). The molecule has 4 aromatic rings. The van der Waals surface area contributed by atoms with Crippen molar-refractivity contribution in [1.82, 2.24) is 14.9 Å². The maximum absolute atomic E-state index is 5.93. The van der Waals surface area contributed by atoms with Gasteiger partial charge in [0, 0.05) is 33.4 Å². The first kappa shape index (κ1) is 23.8. The molecule has 1 N–H and O–H groups in total. The Bertz CT molecular complexity index is 1360.